The molecule has 5 atom stereocenters. The Balaban J connectivity index is 1.07. The highest BCUT2D eigenvalue weighted by Crippen LogP contribution is 2.57. The second-order valence-electron chi connectivity index (χ2n) is 12.9. The maximum Gasteiger partial charge on any atom is 0.0247 e. The van der Waals surface area contributed by atoms with Crippen molar-refractivity contribution in [2.45, 2.75) is 44.9 Å². The lowest BCUT2D eigenvalue weighted by Crippen LogP contribution is -2.22. The molecule has 0 spiro atoms. The Morgan fingerprint density at radius 3 is 2.33 bits per heavy atom. The number of hydrogen-bond acceptors (Lipinski definition) is 2. The van der Waals surface area contributed by atoms with E-state index in [0.29, 0.717) is 23.7 Å². The zero-order valence-corrected chi connectivity index (χ0v) is 24.2. The molecule has 42 heavy (non-hydrogen) atoms. The third-order valence-electron chi connectivity index (χ3n) is 10.7. The van der Waals surface area contributed by atoms with Gasteiger partial charge >= 0.3 is 0 Å². The monoisotopic (exact) mass is 546 g/mol. The zero-order chi connectivity index (χ0) is 28.2. The van der Waals surface area contributed by atoms with Gasteiger partial charge in [0.1, 0.15) is 0 Å². The second kappa shape index (κ2) is 10.3. The summed E-state index contributed by atoms with van der Waals surface area (Å²) in [5.74, 6) is 1.99. The first-order valence-electron chi connectivity index (χ1n) is 15.8. The Bertz CT molecular complexity index is 1690. The third kappa shape index (κ3) is 4.23. The molecule has 0 bridgehead atoms. The van der Waals surface area contributed by atoms with E-state index < -0.39 is 0 Å². The van der Waals surface area contributed by atoms with Crippen molar-refractivity contribution < 1.29 is 0 Å². The SMILES string of the molecule is N=CC1=CCCC(C2=CC3=C(C=C(C4=CC=C5C6C=CC(C7=CC(C=N)CC=C7)=CC6C6=CC=CC4C56)CC3)CC2)=C1. The molecule has 0 saturated heterocycles. The summed E-state index contributed by atoms with van der Waals surface area (Å²) in [5, 5.41) is 15.4. The van der Waals surface area contributed by atoms with Gasteiger partial charge in [0, 0.05) is 42.0 Å². The van der Waals surface area contributed by atoms with Crippen LogP contribution in [0.25, 0.3) is 0 Å². The van der Waals surface area contributed by atoms with E-state index in [-0.39, 0.29) is 5.92 Å². The number of hydrogen-bond donors (Lipinski definition) is 2. The molecule has 0 heterocycles. The fourth-order valence-electron chi connectivity index (χ4n) is 8.58. The van der Waals surface area contributed by atoms with Crippen LogP contribution < -0.4 is 0 Å². The maximum atomic E-state index is 7.75. The molecule has 8 aliphatic rings. The summed E-state index contributed by atoms with van der Waals surface area (Å²) < 4.78 is 0. The number of fused-ring (bicyclic) bond motifs is 3. The molecule has 8 aliphatic carbocycles. The van der Waals surface area contributed by atoms with Crippen molar-refractivity contribution in [1.82, 2.24) is 0 Å². The van der Waals surface area contributed by atoms with Crippen LogP contribution in [0.4, 0.5) is 0 Å². The van der Waals surface area contributed by atoms with Crippen LogP contribution in [0.2, 0.25) is 0 Å². The average molecular weight is 547 g/mol. The molecule has 0 amide bonds. The van der Waals surface area contributed by atoms with E-state index in [1.807, 2.05) is 0 Å². The van der Waals surface area contributed by atoms with E-state index >= 15 is 0 Å². The van der Waals surface area contributed by atoms with Gasteiger partial charge in [-0.15, -0.1) is 0 Å². The van der Waals surface area contributed by atoms with E-state index in [4.69, 9.17) is 10.8 Å². The summed E-state index contributed by atoms with van der Waals surface area (Å²) in [6.45, 7) is 0. The highest BCUT2D eigenvalue weighted by molar-refractivity contribution is 5.81. The zero-order valence-electron chi connectivity index (χ0n) is 24.2. The Labute approximate surface area is 249 Å². The minimum Gasteiger partial charge on any atom is -0.312 e. The van der Waals surface area contributed by atoms with Gasteiger partial charge in [-0.3, -0.25) is 0 Å². The van der Waals surface area contributed by atoms with Crippen LogP contribution in [-0.4, -0.2) is 12.4 Å². The smallest absolute Gasteiger partial charge is 0.0247 e. The molecule has 5 unspecified atom stereocenters. The van der Waals surface area contributed by atoms with Gasteiger partial charge in [-0.2, -0.15) is 0 Å². The molecular weight excluding hydrogens is 508 g/mol. The van der Waals surface area contributed by atoms with Gasteiger partial charge in [-0.25, -0.2) is 0 Å². The van der Waals surface area contributed by atoms with Crippen molar-refractivity contribution in [1.29, 1.82) is 10.8 Å². The molecule has 0 aliphatic heterocycles. The highest BCUT2D eigenvalue weighted by Gasteiger charge is 2.47. The van der Waals surface area contributed by atoms with E-state index in [0.717, 1.165) is 50.5 Å². The van der Waals surface area contributed by atoms with Crippen LogP contribution in [-0.2, 0) is 0 Å². The summed E-state index contributed by atoms with van der Waals surface area (Å²) in [6, 6.07) is 0. The third-order valence-corrected chi connectivity index (χ3v) is 10.7. The largest absolute Gasteiger partial charge is 0.312 e. The number of allylic oxidation sites excluding steroid dienone is 26. The number of nitrogens with one attached hydrogen (secondary N) is 2. The predicted octanol–water partition coefficient (Wildman–Crippen LogP) is 9.51. The van der Waals surface area contributed by atoms with E-state index in [9.17, 15) is 0 Å². The summed E-state index contributed by atoms with van der Waals surface area (Å²) in [5.41, 5.74) is 15.9. The van der Waals surface area contributed by atoms with Gasteiger partial charge in [0.25, 0.3) is 0 Å². The second-order valence-corrected chi connectivity index (χ2v) is 12.9. The van der Waals surface area contributed by atoms with Crippen LogP contribution in [0.1, 0.15) is 44.9 Å². The quantitative estimate of drug-likeness (QED) is 0.323. The molecule has 8 rings (SSSR count). The minimum atomic E-state index is 0.214. The molecule has 208 valence electrons. The van der Waals surface area contributed by atoms with Crippen LogP contribution in [0, 0.1) is 40.4 Å². The maximum absolute atomic E-state index is 7.75. The lowest BCUT2D eigenvalue weighted by atomic mass is 9.69. The molecule has 2 heteroatoms. The van der Waals surface area contributed by atoms with Gasteiger partial charge in [0.05, 0.1) is 0 Å². The molecule has 0 aromatic rings. The fourth-order valence-corrected chi connectivity index (χ4v) is 8.58. The highest BCUT2D eigenvalue weighted by atomic mass is 14.5. The van der Waals surface area contributed by atoms with E-state index in [2.05, 4.69) is 91.1 Å². The van der Waals surface area contributed by atoms with E-state index in [1.54, 1.807) is 22.9 Å². The Hall–Kier alpha value is -4.04. The Morgan fingerprint density at radius 1 is 0.690 bits per heavy atom. The van der Waals surface area contributed by atoms with E-state index in [1.165, 1.54) is 45.2 Å². The first-order valence-corrected chi connectivity index (χ1v) is 15.8. The first kappa shape index (κ1) is 25.7. The van der Waals surface area contributed by atoms with Crippen LogP contribution in [0.15, 0.2) is 152 Å². The van der Waals surface area contributed by atoms with Gasteiger partial charge in [-0.1, -0.05) is 102 Å². The Kier molecular flexibility index (Phi) is 6.32. The molecule has 2 nitrogen and oxygen atoms in total. The normalized spacial score (nSPS) is 32.5. The molecule has 0 aromatic carbocycles. The molecule has 0 aromatic heterocycles. The average Bonchev–Trinajstić information content (AvgIpc) is 3.38. The lowest BCUT2D eigenvalue weighted by Gasteiger charge is -2.34. The molecule has 1 fully saturated rings. The predicted molar refractivity (Wildman–Crippen MR) is 175 cm³/mol. The summed E-state index contributed by atoms with van der Waals surface area (Å²) in [4.78, 5) is 0. The van der Waals surface area contributed by atoms with Crippen molar-refractivity contribution in [2.75, 3.05) is 0 Å². The lowest BCUT2D eigenvalue weighted by molar-refractivity contribution is 0.576. The first-order chi connectivity index (χ1) is 20.7. The van der Waals surface area contributed by atoms with Crippen molar-refractivity contribution in [3.63, 3.8) is 0 Å². The van der Waals surface area contributed by atoms with Crippen molar-refractivity contribution in [3.8, 4) is 0 Å². The summed E-state index contributed by atoms with van der Waals surface area (Å²) in [6.07, 6.45) is 46.2. The van der Waals surface area contributed by atoms with Crippen LogP contribution in [0.5, 0.6) is 0 Å². The van der Waals surface area contributed by atoms with Crippen LogP contribution in [0.3, 0.4) is 0 Å². The van der Waals surface area contributed by atoms with Crippen molar-refractivity contribution >= 4 is 12.4 Å². The molecule has 0 radical (unpaired) electrons. The minimum absolute atomic E-state index is 0.214. The topological polar surface area (TPSA) is 47.7 Å². The summed E-state index contributed by atoms with van der Waals surface area (Å²) in [7, 11) is 0. The Morgan fingerprint density at radius 2 is 1.48 bits per heavy atom. The standard InChI is InChI=1S/C40H38N2/c41-23-25-4-1-6-27(18-25)29-10-11-31-21-33(13-12-30(31)20-29)34-16-17-38-35-15-14-32(28-7-2-5-26(19-28)24-42)22-39(35)37-9-3-8-36(34)40(37)38/h2-4,7-9,14-24,26,35-36,39-42H,1,5-6,10-13H2. The molecule has 2 N–H and O–H groups in total. The molecule has 1 saturated carbocycles. The van der Waals surface area contributed by atoms with Gasteiger partial charge in [-0.05, 0) is 95.1 Å². The summed E-state index contributed by atoms with van der Waals surface area (Å²) >= 11 is 0. The van der Waals surface area contributed by atoms with Gasteiger partial charge < -0.3 is 10.8 Å². The van der Waals surface area contributed by atoms with Gasteiger partial charge in [0.2, 0.25) is 0 Å². The van der Waals surface area contributed by atoms with Crippen LogP contribution >= 0.6 is 0 Å². The van der Waals surface area contributed by atoms with Crippen molar-refractivity contribution in [3.05, 3.63) is 152 Å². The van der Waals surface area contributed by atoms with Gasteiger partial charge in [0.15, 0.2) is 0 Å². The molecular formula is C40H38N2. The van der Waals surface area contributed by atoms with Crippen molar-refractivity contribution in [2.24, 2.45) is 29.6 Å². The fraction of sp³-hybridized carbons (Fsp3) is 0.300. The number of rotatable bonds is 5.